The molecule has 0 N–H and O–H groups in total. The standard InChI is InChI=1S/C31H30N2O4/c1-22-8-6-11-25(18-22)30-27-19-26(37-21-29(34)32(2)20-23-9-4-3-5-10-23)14-13-24(27)15-16-33(30)31(35)28-12-7-17-36-28/h3-14,17-19,30H,15-16,20-21H2,1-2H3. The van der Waals surface area contributed by atoms with Crippen LogP contribution in [0.25, 0.3) is 0 Å². The molecule has 0 fully saturated rings. The summed E-state index contributed by atoms with van der Waals surface area (Å²) in [6.07, 6.45) is 2.24. The summed E-state index contributed by atoms with van der Waals surface area (Å²) in [6.45, 7) is 3.08. The molecule has 0 bridgehead atoms. The fraction of sp³-hybridized carbons (Fsp3) is 0.226. The Balaban J connectivity index is 1.39. The summed E-state index contributed by atoms with van der Waals surface area (Å²) in [7, 11) is 1.78. The van der Waals surface area contributed by atoms with Gasteiger partial charge in [0.25, 0.3) is 11.8 Å². The highest BCUT2D eigenvalue weighted by Crippen LogP contribution is 2.38. The van der Waals surface area contributed by atoms with Crippen LogP contribution in [0.4, 0.5) is 0 Å². The SMILES string of the molecule is Cc1cccc(C2c3cc(OCC(=O)N(C)Cc4ccccc4)ccc3CCN2C(=O)c2ccco2)c1. The summed E-state index contributed by atoms with van der Waals surface area (Å²) in [5.74, 6) is 0.670. The largest absolute Gasteiger partial charge is 0.484 e. The van der Waals surface area contributed by atoms with Crippen LogP contribution in [0.1, 0.15) is 44.4 Å². The van der Waals surface area contributed by atoms with Gasteiger partial charge >= 0.3 is 0 Å². The lowest BCUT2D eigenvalue weighted by Gasteiger charge is -2.37. The molecule has 4 aromatic rings. The van der Waals surface area contributed by atoms with Crippen LogP contribution in [0.5, 0.6) is 5.75 Å². The quantitative estimate of drug-likeness (QED) is 0.345. The van der Waals surface area contributed by atoms with Gasteiger partial charge in [-0.25, -0.2) is 0 Å². The highest BCUT2D eigenvalue weighted by atomic mass is 16.5. The van der Waals surface area contributed by atoms with E-state index in [1.807, 2.05) is 78.6 Å². The van der Waals surface area contributed by atoms with Gasteiger partial charge in [0.15, 0.2) is 12.4 Å². The smallest absolute Gasteiger partial charge is 0.290 e. The lowest BCUT2D eigenvalue weighted by Crippen LogP contribution is -2.40. The first kappa shape index (κ1) is 24.4. The van der Waals surface area contributed by atoms with Crippen LogP contribution in [-0.4, -0.2) is 41.8 Å². The van der Waals surface area contributed by atoms with E-state index >= 15 is 0 Å². The van der Waals surface area contributed by atoms with Crippen molar-refractivity contribution in [2.45, 2.75) is 25.9 Å². The number of hydrogen-bond acceptors (Lipinski definition) is 4. The van der Waals surface area contributed by atoms with Crippen molar-refractivity contribution in [2.24, 2.45) is 0 Å². The minimum atomic E-state index is -0.291. The number of rotatable bonds is 7. The first-order chi connectivity index (χ1) is 18.0. The molecule has 2 amide bonds. The average Bonchev–Trinajstić information content (AvgIpc) is 3.46. The maximum Gasteiger partial charge on any atom is 0.290 e. The van der Waals surface area contributed by atoms with Crippen molar-refractivity contribution in [3.8, 4) is 5.75 Å². The lowest BCUT2D eigenvalue weighted by atomic mass is 9.87. The average molecular weight is 495 g/mol. The molecule has 37 heavy (non-hydrogen) atoms. The second-order valence-electron chi connectivity index (χ2n) is 9.43. The number of carbonyl (C=O) groups excluding carboxylic acids is 2. The number of ether oxygens (including phenoxy) is 1. The molecule has 1 unspecified atom stereocenters. The van der Waals surface area contributed by atoms with Crippen LogP contribution in [0.3, 0.4) is 0 Å². The van der Waals surface area contributed by atoms with Gasteiger partial charge in [0.05, 0.1) is 12.3 Å². The fourth-order valence-corrected chi connectivity index (χ4v) is 4.84. The number of likely N-dealkylation sites (N-methyl/N-ethyl adjacent to an activating group) is 1. The van der Waals surface area contributed by atoms with Crippen molar-refractivity contribution < 1.29 is 18.7 Å². The normalized spacial score (nSPS) is 14.6. The Morgan fingerprint density at radius 3 is 2.59 bits per heavy atom. The Labute approximate surface area is 217 Å². The molecule has 1 aliphatic heterocycles. The van der Waals surface area contributed by atoms with Crippen molar-refractivity contribution in [2.75, 3.05) is 20.2 Å². The molecule has 1 atom stereocenters. The third kappa shape index (κ3) is 5.43. The Kier molecular flexibility index (Phi) is 7.08. The predicted molar refractivity (Wildman–Crippen MR) is 141 cm³/mol. The fourth-order valence-electron chi connectivity index (χ4n) is 4.84. The van der Waals surface area contributed by atoms with E-state index in [9.17, 15) is 9.59 Å². The zero-order chi connectivity index (χ0) is 25.8. The molecule has 0 radical (unpaired) electrons. The highest BCUT2D eigenvalue weighted by Gasteiger charge is 2.34. The zero-order valence-corrected chi connectivity index (χ0v) is 21.1. The van der Waals surface area contributed by atoms with Gasteiger partial charge in [-0.2, -0.15) is 0 Å². The topological polar surface area (TPSA) is 63.0 Å². The number of furan rings is 1. The summed E-state index contributed by atoms with van der Waals surface area (Å²) < 4.78 is 11.4. The highest BCUT2D eigenvalue weighted by molar-refractivity contribution is 5.92. The molecule has 0 spiro atoms. The molecule has 0 saturated carbocycles. The Bertz CT molecular complexity index is 1380. The third-order valence-electron chi connectivity index (χ3n) is 6.75. The minimum absolute atomic E-state index is 0.0632. The van der Waals surface area contributed by atoms with Crippen molar-refractivity contribution in [3.05, 3.63) is 125 Å². The van der Waals surface area contributed by atoms with E-state index < -0.39 is 0 Å². The number of benzene rings is 3. The van der Waals surface area contributed by atoms with Gasteiger partial charge in [0.2, 0.25) is 0 Å². The summed E-state index contributed by atoms with van der Waals surface area (Å²) in [5.41, 5.74) is 5.37. The minimum Gasteiger partial charge on any atom is -0.484 e. The van der Waals surface area contributed by atoms with Gasteiger partial charge in [-0.3, -0.25) is 9.59 Å². The molecule has 1 aliphatic rings. The van der Waals surface area contributed by atoms with Crippen LogP contribution in [0.15, 0.2) is 95.6 Å². The molecule has 6 nitrogen and oxygen atoms in total. The van der Waals surface area contributed by atoms with Crippen molar-refractivity contribution in [1.29, 1.82) is 0 Å². The van der Waals surface area contributed by atoms with Gasteiger partial charge in [-0.05, 0) is 59.9 Å². The van der Waals surface area contributed by atoms with Crippen molar-refractivity contribution >= 4 is 11.8 Å². The molecular weight excluding hydrogens is 464 g/mol. The zero-order valence-electron chi connectivity index (χ0n) is 21.1. The maximum atomic E-state index is 13.4. The summed E-state index contributed by atoms with van der Waals surface area (Å²) in [6, 6.07) is 27.1. The molecule has 1 aromatic heterocycles. The number of aryl methyl sites for hydroxylation is 1. The molecule has 0 saturated heterocycles. The van der Waals surface area contributed by atoms with Gasteiger partial charge < -0.3 is 19.0 Å². The molecule has 5 rings (SSSR count). The van der Waals surface area contributed by atoms with Crippen molar-refractivity contribution in [1.82, 2.24) is 9.80 Å². The lowest BCUT2D eigenvalue weighted by molar-refractivity contribution is -0.132. The Hall–Kier alpha value is -4.32. The molecular formula is C31H30N2O4. The van der Waals surface area contributed by atoms with Crippen LogP contribution in [0.2, 0.25) is 0 Å². The summed E-state index contributed by atoms with van der Waals surface area (Å²) in [5, 5.41) is 0. The monoisotopic (exact) mass is 494 g/mol. The molecule has 3 aromatic carbocycles. The maximum absolute atomic E-state index is 13.4. The van der Waals surface area contributed by atoms with E-state index in [4.69, 9.17) is 9.15 Å². The van der Waals surface area contributed by atoms with Gasteiger partial charge in [0.1, 0.15) is 5.75 Å². The van der Waals surface area contributed by atoms with Crippen LogP contribution in [0, 0.1) is 6.92 Å². The predicted octanol–water partition coefficient (Wildman–Crippen LogP) is 5.41. The second kappa shape index (κ2) is 10.7. The third-order valence-corrected chi connectivity index (χ3v) is 6.75. The van der Waals surface area contributed by atoms with Crippen molar-refractivity contribution in [3.63, 3.8) is 0 Å². The van der Waals surface area contributed by atoms with Crippen LogP contribution < -0.4 is 4.74 Å². The van der Waals surface area contributed by atoms with E-state index in [-0.39, 0.29) is 24.5 Å². The van der Waals surface area contributed by atoms with E-state index in [0.717, 1.165) is 34.2 Å². The van der Waals surface area contributed by atoms with E-state index in [0.29, 0.717) is 24.6 Å². The van der Waals surface area contributed by atoms with Crippen LogP contribution >= 0.6 is 0 Å². The Morgan fingerprint density at radius 2 is 1.84 bits per heavy atom. The van der Waals surface area contributed by atoms with Gasteiger partial charge in [-0.1, -0.05) is 66.2 Å². The first-order valence-electron chi connectivity index (χ1n) is 12.4. The van der Waals surface area contributed by atoms with E-state index in [1.165, 1.54) is 6.26 Å². The molecule has 0 aliphatic carbocycles. The van der Waals surface area contributed by atoms with Crippen LogP contribution in [-0.2, 0) is 17.8 Å². The van der Waals surface area contributed by atoms with E-state index in [2.05, 4.69) is 6.07 Å². The summed E-state index contributed by atoms with van der Waals surface area (Å²) in [4.78, 5) is 29.7. The second-order valence-corrected chi connectivity index (χ2v) is 9.43. The molecule has 188 valence electrons. The number of amides is 2. The van der Waals surface area contributed by atoms with Gasteiger partial charge in [-0.15, -0.1) is 0 Å². The summed E-state index contributed by atoms with van der Waals surface area (Å²) >= 11 is 0. The molecule has 6 heteroatoms. The number of carbonyl (C=O) groups is 2. The molecule has 2 heterocycles. The number of nitrogens with zero attached hydrogens (tertiary/aromatic N) is 2. The first-order valence-corrected chi connectivity index (χ1v) is 12.4. The number of fused-ring (bicyclic) bond motifs is 1. The number of hydrogen-bond donors (Lipinski definition) is 0. The van der Waals surface area contributed by atoms with E-state index in [1.54, 1.807) is 24.1 Å². The Morgan fingerprint density at radius 1 is 1.00 bits per heavy atom. The van der Waals surface area contributed by atoms with Gasteiger partial charge in [0, 0.05) is 20.1 Å².